The lowest BCUT2D eigenvalue weighted by molar-refractivity contribution is 0.921. The topological polar surface area (TPSA) is 0 Å². The van der Waals surface area contributed by atoms with Gasteiger partial charge in [0.15, 0.2) is 0 Å². The molecule has 0 aromatic heterocycles. The molecule has 2 rings (SSSR count). The van der Waals surface area contributed by atoms with E-state index in [1.807, 2.05) is 30.3 Å². The van der Waals surface area contributed by atoms with E-state index in [-0.39, 0.29) is 0 Å². The smallest absolute Gasteiger partial charge is 0.0251 e. The van der Waals surface area contributed by atoms with Crippen molar-refractivity contribution in [3.05, 3.63) is 71.3 Å². The molecule has 2 aromatic rings. The average Bonchev–Trinajstić information content (AvgIpc) is 2.39. The Bertz CT molecular complexity index is 527. The first-order valence-corrected chi connectivity index (χ1v) is 6.04. The largest absolute Gasteiger partial charge is 0.0651 e. The monoisotopic (exact) mass is 220 g/mol. The Balaban J connectivity index is 2.19. The maximum atomic E-state index is 3.21. The number of benzene rings is 2. The summed E-state index contributed by atoms with van der Waals surface area (Å²) in [7, 11) is 0. The van der Waals surface area contributed by atoms with Crippen molar-refractivity contribution in [3.63, 3.8) is 0 Å². The van der Waals surface area contributed by atoms with Crippen molar-refractivity contribution >= 4 is 0 Å². The highest BCUT2D eigenvalue weighted by atomic mass is 14.0. The molecular formula is C17H16. The standard InChI is InChI=1S/C17H16/c1-2-7-16-10-6-11-17(14-16)13-12-15-8-4-3-5-9-15/h3-6,8-11,14H,2,7H2,1H3. The third kappa shape index (κ3) is 3.50. The molecule has 0 amide bonds. The van der Waals surface area contributed by atoms with Gasteiger partial charge >= 0.3 is 0 Å². The lowest BCUT2D eigenvalue weighted by atomic mass is 10.1. The van der Waals surface area contributed by atoms with Gasteiger partial charge < -0.3 is 0 Å². The van der Waals surface area contributed by atoms with E-state index in [2.05, 4.69) is 43.0 Å². The molecule has 0 aliphatic rings. The van der Waals surface area contributed by atoms with Crippen molar-refractivity contribution in [2.45, 2.75) is 19.8 Å². The third-order valence-corrected chi connectivity index (χ3v) is 2.59. The molecule has 17 heavy (non-hydrogen) atoms. The molecule has 0 unspecified atom stereocenters. The first-order chi connectivity index (χ1) is 8.38. The Kier molecular flexibility index (Phi) is 4.00. The lowest BCUT2D eigenvalue weighted by Crippen LogP contribution is -1.84. The van der Waals surface area contributed by atoms with Crippen LogP contribution in [0.15, 0.2) is 54.6 Å². The molecule has 0 nitrogen and oxygen atoms in total. The number of aryl methyl sites for hydroxylation is 1. The average molecular weight is 220 g/mol. The minimum Gasteiger partial charge on any atom is -0.0651 e. The van der Waals surface area contributed by atoms with Gasteiger partial charge in [0.1, 0.15) is 0 Å². The van der Waals surface area contributed by atoms with Crippen LogP contribution in [0.1, 0.15) is 30.0 Å². The lowest BCUT2D eigenvalue weighted by Gasteiger charge is -1.98. The number of hydrogen-bond donors (Lipinski definition) is 0. The molecule has 0 heterocycles. The van der Waals surface area contributed by atoms with E-state index in [4.69, 9.17) is 0 Å². The maximum absolute atomic E-state index is 3.21. The molecule has 0 saturated heterocycles. The SMILES string of the molecule is CCCc1cccc(C#Cc2ccccc2)c1. The molecule has 0 aliphatic carbocycles. The van der Waals surface area contributed by atoms with Gasteiger partial charge in [-0.25, -0.2) is 0 Å². The molecule has 0 N–H and O–H groups in total. The maximum Gasteiger partial charge on any atom is 0.0251 e. The Morgan fingerprint density at radius 2 is 1.53 bits per heavy atom. The first-order valence-electron chi connectivity index (χ1n) is 6.04. The second-order valence-electron chi connectivity index (χ2n) is 4.07. The van der Waals surface area contributed by atoms with Crippen LogP contribution in [-0.4, -0.2) is 0 Å². The third-order valence-electron chi connectivity index (χ3n) is 2.59. The quantitative estimate of drug-likeness (QED) is 0.670. The predicted octanol–water partition coefficient (Wildman–Crippen LogP) is 4.04. The summed E-state index contributed by atoms with van der Waals surface area (Å²) >= 11 is 0. The molecule has 2 aromatic carbocycles. The summed E-state index contributed by atoms with van der Waals surface area (Å²) in [5.41, 5.74) is 3.53. The van der Waals surface area contributed by atoms with E-state index >= 15 is 0 Å². The van der Waals surface area contributed by atoms with Crippen LogP contribution >= 0.6 is 0 Å². The number of hydrogen-bond acceptors (Lipinski definition) is 0. The molecule has 0 radical (unpaired) electrons. The summed E-state index contributed by atoms with van der Waals surface area (Å²) in [6.07, 6.45) is 2.30. The Morgan fingerprint density at radius 1 is 0.824 bits per heavy atom. The number of rotatable bonds is 2. The second kappa shape index (κ2) is 5.92. The van der Waals surface area contributed by atoms with Crippen molar-refractivity contribution in [2.24, 2.45) is 0 Å². The van der Waals surface area contributed by atoms with Crippen LogP contribution in [0.25, 0.3) is 0 Å². The molecule has 0 heteroatoms. The van der Waals surface area contributed by atoms with Gasteiger partial charge in [-0.05, 0) is 36.2 Å². The summed E-state index contributed by atoms with van der Waals surface area (Å²) in [5, 5.41) is 0. The fourth-order valence-corrected chi connectivity index (χ4v) is 1.76. The van der Waals surface area contributed by atoms with Crippen molar-refractivity contribution in [1.29, 1.82) is 0 Å². The molecular weight excluding hydrogens is 204 g/mol. The van der Waals surface area contributed by atoms with E-state index in [1.165, 1.54) is 12.0 Å². The van der Waals surface area contributed by atoms with E-state index in [9.17, 15) is 0 Å². The zero-order chi connectivity index (χ0) is 11.9. The fraction of sp³-hybridized carbons (Fsp3) is 0.176. The van der Waals surface area contributed by atoms with Crippen LogP contribution in [0.4, 0.5) is 0 Å². The zero-order valence-electron chi connectivity index (χ0n) is 10.1. The summed E-state index contributed by atoms with van der Waals surface area (Å²) in [6.45, 7) is 2.20. The predicted molar refractivity (Wildman–Crippen MR) is 72.9 cm³/mol. The van der Waals surface area contributed by atoms with Gasteiger partial charge in [-0.3, -0.25) is 0 Å². The van der Waals surface area contributed by atoms with Crippen LogP contribution < -0.4 is 0 Å². The summed E-state index contributed by atoms with van der Waals surface area (Å²) < 4.78 is 0. The van der Waals surface area contributed by atoms with Gasteiger partial charge in [-0.15, -0.1) is 0 Å². The summed E-state index contributed by atoms with van der Waals surface area (Å²) in [5.74, 6) is 6.39. The van der Waals surface area contributed by atoms with Crippen LogP contribution in [-0.2, 0) is 6.42 Å². The van der Waals surface area contributed by atoms with E-state index in [0.29, 0.717) is 0 Å². The molecule has 0 fully saturated rings. The van der Waals surface area contributed by atoms with Gasteiger partial charge in [0.05, 0.1) is 0 Å². The Morgan fingerprint density at radius 3 is 2.29 bits per heavy atom. The fourth-order valence-electron chi connectivity index (χ4n) is 1.76. The van der Waals surface area contributed by atoms with Crippen molar-refractivity contribution < 1.29 is 0 Å². The molecule has 0 saturated carbocycles. The Hall–Kier alpha value is -2.00. The van der Waals surface area contributed by atoms with E-state index in [0.717, 1.165) is 17.5 Å². The van der Waals surface area contributed by atoms with Crippen molar-refractivity contribution in [2.75, 3.05) is 0 Å². The molecule has 84 valence electrons. The van der Waals surface area contributed by atoms with Gasteiger partial charge in [0, 0.05) is 11.1 Å². The summed E-state index contributed by atoms with van der Waals surface area (Å²) in [6, 6.07) is 18.6. The highest BCUT2D eigenvalue weighted by Gasteiger charge is 1.92. The highest BCUT2D eigenvalue weighted by Crippen LogP contribution is 2.06. The minimum atomic E-state index is 1.06. The first kappa shape index (κ1) is 11.5. The molecule has 0 atom stereocenters. The zero-order valence-corrected chi connectivity index (χ0v) is 10.1. The Labute approximate surface area is 103 Å². The normalized spacial score (nSPS) is 9.47. The summed E-state index contributed by atoms with van der Waals surface area (Å²) in [4.78, 5) is 0. The van der Waals surface area contributed by atoms with Crippen LogP contribution in [0, 0.1) is 11.8 Å². The van der Waals surface area contributed by atoms with E-state index in [1.54, 1.807) is 0 Å². The van der Waals surface area contributed by atoms with Crippen LogP contribution in [0.2, 0.25) is 0 Å². The van der Waals surface area contributed by atoms with Crippen LogP contribution in [0.3, 0.4) is 0 Å². The minimum absolute atomic E-state index is 1.06. The van der Waals surface area contributed by atoms with Crippen molar-refractivity contribution in [1.82, 2.24) is 0 Å². The molecule has 0 spiro atoms. The van der Waals surface area contributed by atoms with E-state index < -0.39 is 0 Å². The highest BCUT2D eigenvalue weighted by molar-refractivity contribution is 5.43. The van der Waals surface area contributed by atoms with Gasteiger partial charge in [0.25, 0.3) is 0 Å². The van der Waals surface area contributed by atoms with Crippen molar-refractivity contribution in [3.8, 4) is 11.8 Å². The second-order valence-corrected chi connectivity index (χ2v) is 4.07. The van der Waals surface area contributed by atoms with Gasteiger partial charge in [-0.1, -0.05) is 55.5 Å². The van der Waals surface area contributed by atoms with Crippen LogP contribution in [0.5, 0.6) is 0 Å². The molecule has 0 bridgehead atoms. The van der Waals surface area contributed by atoms with Gasteiger partial charge in [-0.2, -0.15) is 0 Å². The van der Waals surface area contributed by atoms with Gasteiger partial charge in [0.2, 0.25) is 0 Å². The molecule has 0 aliphatic heterocycles.